The summed E-state index contributed by atoms with van der Waals surface area (Å²) < 4.78 is 37.4. The molecule has 0 atom stereocenters. The first-order valence-electron chi connectivity index (χ1n) is 9.79. The van der Waals surface area contributed by atoms with Gasteiger partial charge in [-0.2, -0.15) is 8.78 Å². The fourth-order valence-electron chi connectivity index (χ4n) is 3.53. The van der Waals surface area contributed by atoms with Gasteiger partial charge in [-0.3, -0.25) is 14.2 Å². The monoisotopic (exact) mass is 452 g/mol. The Bertz CT molecular complexity index is 1280. The van der Waals surface area contributed by atoms with Gasteiger partial charge in [0.15, 0.2) is 11.5 Å². The van der Waals surface area contributed by atoms with Crippen molar-refractivity contribution >= 4 is 11.6 Å². The zero-order valence-electron chi connectivity index (χ0n) is 17.3. The largest absolute Gasteiger partial charge is 0.501 e. The molecular formula is C23H18F2N4O4. The number of benzene rings is 2. The maximum Gasteiger partial charge on any atom is 0.315 e. The van der Waals surface area contributed by atoms with E-state index in [4.69, 9.17) is 0 Å². The Labute approximate surface area is 186 Å². The molecule has 2 aromatic heterocycles. The number of aromatic nitrogens is 3. The Morgan fingerprint density at radius 3 is 2.18 bits per heavy atom. The van der Waals surface area contributed by atoms with E-state index in [-0.39, 0.29) is 16.8 Å². The predicted octanol–water partition coefficient (Wildman–Crippen LogP) is 3.65. The minimum atomic E-state index is -3.74. The van der Waals surface area contributed by atoms with Crippen LogP contribution in [0.25, 0.3) is 0 Å². The van der Waals surface area contributed by atoms with Crippen LogP contribution in [0.5, 0.6) is 5.75 Å². The van der Waals surface area contributed by atoms with E-state index in [9.17, 15) is 14.7 Å². The average molecular weight is 452 g/mol. The van der Waals surface area contributed by atoms with Crippen LogP contribution in [0.15, 0.2) is 82.4 Å². The van der Waals surface area contributed by atoms with Gasteiger partial charge in [-0.25, -0.2) is 4.98 Å². The first-order valence-corrected chi connectivity index (χ1v) is 9.79. The van der Waals surface area contributed by atoms with Crippen LogP contribution in [0.2, 0.25) is 0 Å². The average Bonchev–Trinajstić information content (AvgIpc) is 3.32. The lowest BCUT2D eigenvalue weighted by Gasteiger charge is -2.28. The smallest absolute Gasteiger partial charge is 0.315 e. The lowest BCUT2D eigenvalue weighted by Crippen LogP contribution is -2.36. The third-order valence-corrected chi connectivity index (χ3v) is 5.10. The van der Waals surface area contributed by atoms with Crippen molar-refractivity contribution in [3.63, 3.8) is 0 Å². The van der Waals surface area contributed by atoms with Crippen molar-refractivity contribution < 1.29 is 23.2 Å². The van der Waals surface area contributed by atoms with Crippen LogP contribution >= 0.6 is 0 Å². The summed E-state index contributed by atoms with van der Waals surface area (Å²) in [6.45, 7) is 0. The van der Waals surface area contributed by atoms with Crippen LogP contribution in [0.3, 0.4) is 0 Å². The fourth-order valence-corrected chi connectivity index (χ4v) is 3.53. The van der Waals surface area contributed by atoms with Crippen LogP contribution in [-0.4, -0.2) is 25.7 Å². The highest BCUT2D eigenvalue weighted by atomic mass is 19.3. The summed E-state index contributed by atoms with van der Waals surface area (Å²) in [5, 5.41) is 15.9. The van der Waals surface area contributed by atoms with Crippen LogP contribution in [0.4, 0.5) is 14.5 Å². The summed E-state index contributed by atoms with van der Waals surface area (Å²) in [5.74, 6) is -8.35. The molecule has 0 aliphatic rings. The van der Waals surface area contributed by atoms with E-state index < -0.39 is 40.6 Å². The van der Waals surface area contributed by atoms with Gasteiger partial charge in [0.05, 0.1) is 12.1 Å². The van der Waals surface area contributed by atoms with E-state index in [2.05, 4.69) is 20.0 Å². The third kappa shape index (κ3) is 4.10. The Morgan fingerprint density at radius 2 is 1.67 bits per heavy atom. The van der Waals surface area contributed by atoms with Gasteiger partial charge < -0.3 is 14.9 Å². The van der Waals surface area contributed by atoms with Gasteiger partial charge in [-0.05, 0) is 11.1 Å². The summed E-state index contributed by atoms with van der Waals surface area (Å²) in [6, 6.07) is 16.1. The molecule has 0 spiro atoms. The van der Waals surface area contributed by atoms with E-state index in [0.29, 0.717) is 4.57 Å². The molecule has 0 unspecified atom stereocenters. The second kappa shape index (κ2) is 8.65. The van der Waals surface area contributed by atoms with Crippen molar-refractivity contribution in [2.24, 2.45) is 7.05 Å². The highest BCUT2D eigenvalue weighted by Gasteiger charge is 2.47. The molecule has 0 bridgehead atoms. The molecule has 2 heterocycles. The molecule has 4 rings (SSSR count). The van der Waals surface area contributed by atoms with Gasteiger partial charge in [-0.15, -0.1) is 0 Å². The quantitative estimate of drug-likeness (QED) is 0.462. The lowest BCUT2D eigenvalue weighted by atomic mass is 9.85. The Hall–Kier alpha value is -4.34. The highest BCUT2D eigenvalue weighted by molar-refractivity contribution is 6.04. The van der Waals surface area contributed by atoms with Crippen molar-refractivity contribution in [2.45, 2.75) is 11.8 Å². The molecule has 1 amide bonds. The van der Waals surface area contributed by atoms with Crippen molar-refractivity contribution in [3.8, 4) is 5.75 Å². The van der Waals surface area contributed by atoms with Crippen LogP contribution in [-0.2, 0) is 13.0 Å². The molecule has 2 aromatic carbocycles. The molecule has 0 aliphatic carbocycles. The maximum absolute atomic E-state index is 16.1. The van der Waals surface area contributed by atoms with Crippen LogP contribution in [0.1, 0.15) is 33.4 Å². The molecular weight excluding hydrogens is 434 g/mol. The first-order chi connectivity index (χ1) is 15.8. The number of rotatable bonds is 6. The van der Waals surface area contributed by atoms with Gasteiger partial charge in [0.25, 0.3) is 11.5 Å². The number of carbonyl (C=O) groups is 1. The van der Waals surface area contributed by atoms with Gasteiger partial charge in [0.2, 0.25) is 5.75 Å². The summed E-state index contributed by atoms with van der Waals surface area (Å²) in [4.78, 5) is 28.9. The minimum absolute atomic E-state index is 0.0987. The van der Waals surface area contributed by atoms with Gasteiger partial charge in [-0.1, -0.05) is 65.8 Å². The second-order valence-electron chi connectivity index (χ2n) is 7.24. The SMILES string of the molecule is Cn1c(C(F)(F)C(c2ccccc2)c2ccccc2)nc(C(=O)Nc2cnoc2)c(O)c1=O. The molecule has 33 heavy (non-hydrogen) atoms. The summed E-state index contributed by atoms with van der Waals surface area (Å²) >= 11 is 0. The molecule has 0 aliphatic heterocycles. The molecule has 0 fully saturated rings. The Balaban J connectivity index is 1.87. The first kappa shape index (κ1) is 21.9. The summed E-state index contributed by atoms with van der Waals surface area (Å²) in [7, 11) is 1.06. The van der Waals surface area contributed by atoms with Gasteiger partial charge in [0, 0.05) is 7.05 Å². The maximum atomic E-state index is 16.1. The standard InChI is InChI=1S/C23H18F2N4O4/c1-29-21(32)19(30)18(20(31)27-16-12-26-33-13-16)28-22(29)23(24,25)17(14-8-4-2-5-9-14)15-10-6-3-7-11-15/h2-13,17,30H,1H3,(H,27,31). The van der Waals surface area contributed by atoms with Crippen molar-refractivity contribution in [1.82, 2.24) is 14.7 Å². The number of alkyl halides is 2. The number of halogens is 2. The Kier molecular flexibility index (Phi) is 5.74. The molecule has 0 radical (unpaired) electrons. The zero-order chi connectivity index (χ0) is 23.6. The zero-order valence-corrected chi connectivity index (χ0v) is 17.3. The van der Waals surface area contributed by atoms with E-state index in [1.165, 1.54) is 0 Å². The van der Waals surface area contributed by atoms with E-state index in [1.54, 1.807) is 60.7 Å². The number of nitrogens with zero attached hydrogens (tertiary/aromatic N) is 3. The van der Waals surface area contributed by atoms with Crippen molar-refractivity contribution in [3.05, 3.63) is 106 Å². The minimum Gasteiger partial charge on any atom is -0.501 e. The molecule has 4 aromatic rings. The number of hydrogen-bond acceptors (Lipinski definition) is 6. The lowest BCUT2D eigenvalue weighted by molar-refractivity contribution is -0.0348. The topological polar surface area (TPSA) is 110 Å². The molecule has 0 saturated heterocycles. The van der Waals surface area contributed by atoms with E-state index >= 15 is 8.78 Å². The number of amides is 1. The molecule has 10 heteroatoms. The van der Waals surface area contributed by atoms with E-state index in [0.717, 1.165) is 19.5 Å². The number of aromatic hydroxyl groups is 1. The summed E-state index contributed by atoms with van der Waals surface area (Å²) in [5.41, 5.74) is -1.36. The molecule has 0 saturated carbocycles. The van der Waals surface area contributed by atoms with Crippen LogP contribution < -0.4 is 10.9 Å². The number of anilines is 1. The molecule has 2 N–H and O–H groups in total. The summed E-state index contributed by atoms with van der Waals surface area (Å²) in [6.07, 6.45) is 2.25. The van der Waals surface area contributed by atoms with Crippen LogP contribution in [0, 0.1) is 0 Å². The second-order valence-corrected chi connectivity index (χ2v) is 7.24. The van der Waals surface area contributed by atoms with Gasteiger partial charge in [0.1, 0.15) is 12.0 Å². The van der Waals surface area contributed by atoms with Crippen molar-refractivity contribution in [2.75, 3.05) is 5.32 Å². The molecule has 8 nitrogen and oxygen atoms in total. The predicted molar refractivity (Wildman–Crippen MR) is 114 cm³/mol. The highest BCUT2D eigenvalue weighted by Crippen LogP contribution is 2.45. The Morgan fingerprint density at radius 1 is 1.09 bits per heavy atom. The van der Waals surface area contributed by atoms with E-state index in [1.807, 2.05) is 0 Å². The normalized spacial score (nSPS) is 11.5. The molecule has 168 valence electrons. The number of nitrogens with one attached hydrogen (secondary N) is 1. The van der Waals surface area contributed by atoms with Gasteiger partial charge >= 0.3 is 5.92 Å². The third-order valence-electron chi connectivity index (χ3n) is 5.10. The van der Waals surface area contributed by atoms with Crippen molar-refractivity contribution in [1.29, 1.82) is 0 Å². The number of hydrogen-bond donors (Lipinski definition) is 2. The number of carbonyl (C=O) groups excluding carboxylic acids is 1. The fraction of sp³-hybridized carbons (Fsp3) is 0.130.